The Bertz CT molecular complexity index is 776. The first-order valence-electron chi connectivity index (χ1n) is 10.2. The number of hydrogen-bond acceptors (Lipinski definition) is 3. The molecule has 1 saturated carbocycles. The van der Waals surface area contributed by atoms with Crippen LogP contribution in [-0.2, 0) is 11.3 Å². The lowest BCUT2D eigenvalue weighted by molar-refractivity contribution is -0.123. The molecule has 0 bridgehead atoms. The number of nitrogens with one attached hydrogen (secondary N) is 2. The van der Waals surface area contributed by atoms with Gasteiger partial charge in [0.1, 0.15) is 0 Å². The van der Waals surface area contributed by atoms with Gasteiger partial charge in [-0.3, -0.25) is 14.6 Å². The highest BCUT2D eigenvalue weighted by Gasteiger charge is 2.43. The summed E-state index contributed by atoms with van der Waals surface area (Å²) in [5.74, 6) is 0.772. The molecule has 7 nitrogen and oxygen atoms in total. The van der Waals surface area contributed by atoms with Gasteiger partial charge in [0.25, 0.3) is 5.91 Å². The highest BCUT2D eigenvalue weighted by atomic mass is 127. The van der Waals surface area contributed by atoms with Crippen LogP contribution < -0.4 is 10.6 Å². The van der Waals surface area contributed by atoms with Crippen molar-refractivity contribution in [3.05, 3.63) is 35.4 Å². The molecular weight excluding hydrogens is 481 g/mol. The average Bonchev–Trinajstić information content (AvgIpc) is 3.15. The fourth-order valence-corrected chi connectivity index (χ4v) is 4.47. The van der Waals surface area contributed by atoms with E-state index in [9.17, 15) is 9.59 Å². The second-order valence-corrected chi connectivity index (χ2v) is 8.20. The van der Waals surface area contributed by atoms with Crippen LogP contribution in [-0.4, -0.2) is 67.3 Å². The SMILES string of the molecule is CN=C(NCc1ccc(C(=O)N2CCNC(=O)C2)cc1)N1CCC2(CCC2)C1.I. The van der Waals surface area contributed by atoms with Gasteiger partial charge >= 0.3 is 0 Å². The van der Waals surface area contributed by atoms with E-state index in [1.807, 2.05) is 31.3 Å². The van der Waals surface area contributed by atoms with Crippen molar-refractivity contribution in [2.24, 2.45) is 10.4 Å². The smallest absolute Gasteiger partial charge is 0.254 e. The second kappa shape index (κ2) is 9.32. The Morgan fingerprint density at radius 3 is 2.52 bits per heavy atom. The van der Waals surface area contributed by atoms with E-state index in [1.54, 1.807) is 4.90 Å². The van der Waals surface area contributed by atoms with Crippen molar-refractivity contribution in [3.8, 4) is 0 Å². The minimum absolute atomic E-state index is 0. The predicted octanol–water partition coefficient (Wildman–Crippen LogP) is 1.83. The molecule has 0 unspecified atom stereocenters. The summed E-state index contributed by atoms with van der Waals surface area (Å²) in [5.41, 5.74) is 2.27. The van der Waals surface area contributed by atoms with E-state index in [0.29, 0.717) is 30.6 Å². The molecule has 0 aromatic heterocycles. The lowest BCUT2D eigenvalue weighted by Gasteiger charge is -2.38. The zero-order valence-electron chi connectivity index (χ0n) is 16.9. The Kier molecular flexibility index (Phi) is 7.02. The van der Waals surface area contributed by atoms with Gasteiger partial charge in [0.2, 0.25) is 5.91 Å². The zero-order valence-corrected chi connectivity index (χ0v) is 19.3. The largest absolute Gasteiger partial charge is 0.353 e. The monoisotopic (exact) mass is 511 g/mol. The molecule has 0 atom stereocenters. The molecule has 2 aliphatic heterocycles. The van der Waals surface area contributed by atoms with E-state index in [-0.39, 0.29) is 42.3 Å². The van der Waals surface area contributed by atoms with Gasteiger partial charge in [0.05, 0.1) is 6.54 Å². The van der Waals surface area contributed by atoms with E-state index in [1.165, 1.54) is 25.7 Å². The van der Waals surface area contributed by atoms with Crippen LogP contribution in [0.5, 0.6) is 0 Å². The number of halogens is 1. The van der Waals surface area contributed by atoms with E-state index in [4.69, 9.17) is 0 Å². The molecule has 2 N–H and O–H groups in total. The average molecular weight is 511 g/mol. The van der Waals surface area contributed by atoms with Crippen molar-refractivity contribution in [2.75, 3.05) is 39.8 Å². The Morgan fingerprint density at radius 1 is 1.17 bits per heavy atom. The molecule has 29 heavy (non-hydrogen) atoms. The first-order chi connectivity index (χ1) is 13.6. The number of hydrogen-bond donors (Lipinski definition) is 2. The summed E-state index contributed by atoms with van der Waals surface area (Å²) in [6, 6.07) is 7.62. The molecule has 158 valence electrons. The van der Waals surface area contributed by atoms with Gasteiger partial charge in [-0.2, -0.15) is 0 Å². The quantitative estimate of drug-likeness (QED) is 0.369. The van der Waals surface area contributed by atoms with Crippen molar-refractivity contribution >= 4 is 41.8 Å². The topological polar surface area (TPSA) is 77.0 Å². The molecular formula is C21H30IN5O2. The normalized spacial score (nSPS) is 20.7. The van der Waals surface area contributed by atoms with Crippen molar-refractivity contribution in [3.63, 3.8) is 0 Å². The van der Waals surface area contributed by atoms with Gasteiger partial charge in [-0.1, -0.05) is 18.6 Å². The Hall–Kier alpha value is -1.84. The Balaban J connectivity index is 0.00000240. The molecule has 1 spiro atoms. The van der Waals surface area contributed by atoms with Crippen LogP contribution in [0.15, 0.2) is 29.3 Å². The molecule has 2 amide bonds. The number of aliphatic imine (C=N–C) groups is 1. The third kappa shape index (κ3) is 4.84. The number of guanidine groups is 1. The summed E-state index contributed by atoms with van der Waals surface area (Å²) in [6.45, 7) is 4.08. The van der Waals surface area contributed by atoms with Crippen LogP contribution in [0.2, 0.25) is 0 Å². The van der Waals surface area contributed by atoms with E-state index >= 15 is 0 Å². The van der Waals surface area contributed by atoms with Gasteiger partial charge < -0.3 is 20.4 Å². The van der Waals surface area contributed by atoms with Crippen molar-refractivity contribution in [1.29, 1.82) is 0 Å². The highest BCUT2D eigenvalue weighted by molar-refractivity contribution is 14.0. The zero-order chi connectivity index (χ0) is 19.6. The number of likely N-dealkylation sites (tertiary alicyclic amines) is 1. The number of amides is 2. The van der Waals surface area contributed by atoms with Crippen LogP contribution in [0.1, 0.15) is 41.6 Å². The fraction of sp³-hybridized carbons (Fsp3) is 0.571. The summed E-state index contributed by atoms with van der Waals surface area (Å²) >= 11 is 0. The Morgan fingerprint density at radius 2 is 1.93 bits per heavy atom. The van der Waals surface area contributed by atoms with Crippen LogP contribution in [0.3, 0.4) is 0 Å². The first-order valence-corrected chi connectivity index (χ1v) is 10.2. The van der Waals surface area contributed by atoms with E-state index in [2.05, 4.69) is 20.5 Å². The van der Waals surface area contributed by atoms with Gasteiger partial charge in [-0.15, -0.1) is 24.0 Å². The van der Waals surface area contributed by atoms with E-state index < -0.39 is 0 Å². The molecule has 4 rings (SSSR count). The van der Waals surface area contributed by atoms with Crippen LogP contribution >= 0.6 is 24.0 Å². The summed E-state index contributed by atoms with van der Waals surface area (Å²) in [4.78, 5) is 32.5. The summed E-state index contributed by atoms with van der Waals surface area (Å²) in [5, 5.41) is 6.20. The number of nitrogens with zero attached hydrogens (tertiary/aromatic N) is 3. The summed E-state index contributed by atoms with van der Waals surface area (Å²) in [7, 11) is 1.84. The minimum atomic E-state index is -0.0996. The van der Waals surface area contributed by atoms with Crippen LogP contribution in [0.4, 0.5) is 0 Å². The molecule has 1 aliphatic carbocycles. The number of carbonyl (C=O) groups excluding carboxylic acids is 2. The number of carbonyl (C=O) groups is 2. The number of benzene rings is 1. The third-order valence-electron chi connectivity index (χ3n) is 6.34. The number of piperazine rings is 1. The molecule has 8 heteroatoms. The van der Waals surface area contributed by atoms with Gasteiger partial charge in [0, 0.05) is 45.3 Å². The van der Waals surface area contributed by atoms with Crippen molar-refractivity contribution < 1.29 is 9.59 Å². The maximum atomic E-state index is 12.5. The molecule has 3 fully saturated rings. The standard InChI is InChI=1S/C21H29N5O2.HI/c1-22-20(26-11-9-21(15-26)7-2-8-21)24-13-16-3-5-17(6-4-16)19(28)25-12-10-23-18(27)14-25;/h3-6H,2,7-15H2,1H3,(H,22,24)(H,23,27);1H. The number of rotatable bonds is 3. The van der Waals surface area contributed by atoms with Crippen molar-refractivity contribution in [2.45, 2.75) is 32.2 Å². The lowest BCUT2D eigenvalue weighted by Crippen LogP contribution is -2.49. The van der Waals surface area contributed by atoms with Gasteiger partial charge in [-0.25, -0.2) is 0 Å². The Labute approximate surface area is 189 Å². The second-order valence-electron chi connectivity index (χ2n) is 8.20. The maximum Gasteiger partial charge on any atom is 0.254 e. The predicted molar refractivity (Wildman–Crippen MR) is 123 cm³/mol. The lowest BCUT2D eigenvalue weighted by atomic mass is 9.68. The molecule has 2 saturated heterocycles. The minimum Gasteiger partial charge on any atom is -0.353 e. The molecule has 2 heterocycles. The van der Waals surface area contributed by atoms with Crippen LogP contribution in [0, 0.1) is 5.41 Å². The summed E-state index contributed by atoms with van der Waals surface area (Å²) in [6.07, 6.45) is 5.36. The maximum absolute atomic E-state index is 12.5. The van der Waals surface area contributed by atoms with Crippen molar-refractivity contribution in [1.82, 2.24) is 20.4 Å². The van der Waals surface area contributed by atoms with Gasteiger partial charge in [-0.05, 0) is 42.4 Å². The third-order valence-corrected chi connectivity index (χ3v) is 6.34. The van der Waals surface area contributed by atoms with E-state index in [0.717, 1.165) is 24.6 Å². The fourth-order valence-electron chi connectivity index (χ4n) is 4.47. The molecule has 1 aromatic rings. The molecule has 1 aromatic carbocycles. The molecule has 3 aliphatic rings. The van der Waals surface area contributed by atoms with Crippen LogP contribution in [0.25, 0.3) is 0 Å². The first kappa shape index (κ1) is 21.9. The molecule has 0 radical (unpaired) electrons. The van der Waals surface area contributed by atoms with Gasteiger partial charge in [0.15, 0.2) is 5.96 Å². The summed E-state index contributed by atoms with van der Waals surface area (Å²) < 4.78 is 0. The highest BCUT2D eigenvalue weighted by Crippen LogP contribution is 2.47.